The lowest BCUT2D eigenvalue weighted by molar-refractivity contribution is -0.165. The fraction of sp³-hybridized carbons (Fsp3) is 0.407. The Morgan fingerprint density at radius 1 is 0.938 bits per heavy atom. The molecule has 0 aliphatic rings. The van der Waals surface area contributed by atoms with E-state index in [-0.39, 0.29) is 24.6 Å². The smallest absolute Gasteiger partial charge is 0.330 e. The van der Waals surface area contributed by atoms with Crippen LogP contribution in [0.4, 0.5) is 0 Å². The van der Waals surface area contributed by atoms with Crippen molar-refractivity contribution in [1.29, 1.82) is 0 Å². The summed E-state index contributed by atoms with van der Waals surface area (Å²) >= 11 is 0. The summed E-state index contributed by atoms with van der Waals surface area (Å²) in [6.07, 6.45) is 3.87. The van der Waals surface area contributed by atoms with Gasteiger partial charge in [0.05, 0.1) is 12.5 Å². The Bertz CT molecular complexity index is 910. The topological polar surface area (TPSA) is 61.8 Å². The van der Waals surface area contributed by atoms with Crippen molar-refractivity contribution >= 4 is 18.0 Å². The van der Waals surface area contributed by atoms with Crippen LogP contribution in [0.25, 0.3) is 17.2 Å². The van der Waals surface area contributed by atoms with Gasteiger partial charge in [-0.25, -0.2) is 4.79 Å². The first-order valence-corrected chi connectivity index (χ1v) is 10.9. The molecule has 1 unspecified atom stereocenters. The van der Waals surface area contributed by atoms with E-state index in [1.54, 1.807) is 6.08 Å². The predicted molar refractivity (Wildman–Crippen MR) is 127 cm³/mol. The Hall–Kier alpha value is -3.08. The Labute approximate surface area is 191 Å². The largest absolute Gasteiger partial charge is 0.466 e. The average Bonchev–Trinajstić information content (AvgIpc) is 2.77. The van der Waals surface area contributed by atoms with Gasteiger partial charge in [0.25, 0.3) is 0 Å². The second kappa shape index (κ2) is 11.5. The number of ether oxygens (including phenoxy) is 3. The second-order valence-corrected chi connectivity index (χ2v) is 8.87. The van der Waals surface area contributed by atoms with Gasteiger partial charge in [0, 0.05) is 6.08 Å². The second-order valence-electron chi connectivity index (χ2n) is 8.87. The summed E-state index contributed by atoms with van der Waals surface area (Å²) in [6.45, 7) is 10.2. The van der Waals surface area contributed by atoms with E-state index in [2.05, 4.69) is 18.6 Å². The van der Waals surface area contributed by atoms with Gasteiger partial charge in [-0.3, -0.25) is 4.79 Å². The third-order valence-corrected chi connectivity index (χ3v) is 5.70. The molecule has 2 rings (SSSR count). The van der Waals surface area contributed by atoms with Crippen LogP contribution in [-0.2, 0) is 19.1 Å². The van der Waals surface area contributed by atoms with Gasteiger partial charge >= 0.3 is 11.9 Å². The predicted octanol–water partition coefficient (Wildman–Crippen LogP) is 6.13. The maximum atomic E-state index is 12.7. The average molecular weight is 439 g/mol. The fourth-order valence-corrected chi connectivity index (χ4v) is 3.48. The van der Waals surface area contributed by atoms with E-state index in [0.29, 0.717) is 11.7 Å². The molecule has 0 bridgehead atoms. The van der Waals surface area contributed by atoms with Crippen molar-refractivity contribution in [3.8, 4) is 16.9 Å². The highest BCUT2D eigenvalue weighted by Crippen LogP contribution is 2.35. The van der Waals surface area contributed by atoms with Crippen LogP contribution < -0.4 is 4.74 Å². The zero-order valence-electron chi connectivity index (χ0n) is 19.9. The Kier molecular flexibility index (Phi) is 9.06. The van der Waals surface area contributed by atoms with Gasteiger partial charge < -0.3 is 14.2 Å². The van der Waals surface area contributed by atoms with Crippen molar-refractivity contribution in [3.63, 3.8) is 0 Å². The van der Waals surface area contributed by atoms with Gasteiger partial charge in [-0.05, 0) is 60.1 Å². The summed E-state index contributed by atoms with van der Waals surface area (Å²) in [6, 6.07) is 15.4. The fourth-order valence-electron chi connectivity index (χ4n) is 3.48. The molecule has 0 saturated carbocycles. The first-order chi connectivity index (χ1) is 15.2. The standard InChI is InChI=1S/C27H34O5/c1-19(2)17-27(5,20(3)4)26(29)32-18-31-24-14-12-23(13-15-24)22-10-7-21(8-11-22)9-16-25(28)30-6/h7-16,19-20H,17-18H2,1-6H3. The minimum Gasteiger partial charge on any atom is -0.466 e. The number of carbonyl (C=O) groups is 2. The molecule has 0 heterocycles. The van der Waals surface area contributed by atoms with Crippen LogP contribution in [-0.4, -0.2) is 25.8 Å². The maximum Gasteiger partial charge on any atom is 0.330 e. The normalized spacial score (nSPS) is 13.2. The van der Waals surface area contributed by atoms with Crippen molar-refractivity contribution in [3.05, 3.63) is 60.2 Å². The van der Waals surface area contributed by atoms with E-state index in [4.69, 9.17) is 9.47 Å². The van der Waals surface area contributed by atoms with Crippen molar-refractivity contribution < 1.29 is 23.8 Å². The van der Waals surface area contributed by atoms with Crippen molar-refractivity contribution in [1.82, 2.24) is 0 Å². The lowest BCUT2D eigenvalue weighted by atomic mass is 9.73. The van der Waals surface area contributed by atoms with E-state index in [1.807, 2.05) is 69.3 Å². The highest BCUT2D eigenvalue weighted by molar-refractivity contribution is 5.87. The quantitative estimate of drug-likeness (QED) is 0.254. The summed E-state index contributed by atoms with van der Waals surface area (Å²) in [5.41, 5.74) is 2.45. The zero-order valence-corrected chi connectivity index (χ0v) is 19.9. The molecule has 5 heteroatoms. The van der Waals surface area contributed by atoms with Gasteiger partial charge in [-0.1, -0.05) is 64.1 Å². The van der Waals surface area contributed by atoms with Gasteiger partial charge in [-0.2, -0.15) is 0 Å². The molecule has 0 amide bonds. The van der Waals surface area contributed by atoms with Crippen molar-refractivity contribution in [2.75, 3.05) is 13.9 Å². The molecular formula is C27H34O5. The molecule has 5 nitrogen and oxygen atoms in total. The summed E-state index contributed by atoms with van der Waals surface area (Å²) in [7, 11) is 1.35. The number of carbonyl (C=O) groups excluding carboxylic acids is 2. The SMILES string of the molecule is COC(=O)C=Cc1ccc(-c2ccc(OCOC(=O)C(C)(CC(C)C)C(C)C)cc2)cc1. The molecule has 2 aromatic rings. The van der Waals surface area contributed by atoms with Gasteiger partial charge in [0.1, 0.15) is 5.75 Å². The van der Waals surface area contributed by atoms with E-state index in [9.17, 15) is 9.59 Å². The minimum absolute atomic E-state index is 0.111. The third kappa shape index (κ3) is 6.98. The minimum atomic E-state index is -0.528. The van der Waals surface area contributed by atoms with Gasteiger partial charge in [0.15, 0.2) is 0 Å². The first kappa shape index (κ1) is 25.2. The molecular weight excluding hydrogens is 404 g/mol. The number of methoxy groups -OCH3 is 1. The molecule has 2 aromatic carbocycles. The van der Waals surface area contributed by atoms with Gasteiger partial charge in [0.2, 0.25) is 6.79 Å². The summed E-state index contributed by atoms with van der Waals surface area (Å²) in [5.74, 6) is 0.609. The van der Waals surface area contributed by atoms with Crippen molar-refractivity contribution in [2.24, 2.45) is 17.3 Å². The van der Waals surface area contributed by atoms with Crippen molar-refractivity contribution in [2.45, 2.75) is 41.0 Å². The van der Waals surface area contributed by atoms with Crippen LogP contribution in [0.3, 0.4) is 0 Å². The highest BCUT2D eigenvalue weighted by atomic mass is 16.7. The molecule has 0 aromatic heterocycles. The van der Waals surface area contributed by atoms with Crippen LogP contribution in [0.2, 0.25) is 0 Å². The molecule has 0 aliphatic carbocycles. The van der Waals surface area contributed by atoms with E-state index in [0.717, 1.165) is 23.1 Å². The summed E-state index contributed by atoms with van der Waals surface area (Å²) in [5, 5.41) is 0. The van der Waals surface area contributed by atoms with Crippen LogP contribution in [0.5, 0.6) is 5.75 Å². The van der Waals surface area contributed by atoms with E-state index in [1.165, 1.54) is 13.2 Å². The monoisotopic (exact) mass is 438 g/mol. The Morgan fingerprint density at radius 2 is 1.50 bits per heavy atom. The number of hydrogen-bond donors (Lipinski definition) is 0. The molecule has 0 radical (unpaired) electrons. The molecule has 32 heavy (non-hydrogen) atoms. The molecule has 172 valence electrons. The van der Waals surface area contributed by atoms with Crippen LogP contribution in [0.1, 0.15) is 46.6 Å². The third-order valence-electron chi connectivity index (χ3n) is 5.70. The summed E-state index contributed by atoms with van der Waals surface area (Å²) in [4.78, 5) is 23.9. The summed E-state index contributed by atoms with van der Waals surface area (Å²) < 4.78 is 15.7. The molecule has 0 fully saturated rings. The van der Waals surface area contributed by atoms with E-state index < -0.39 is 5.41 Å². The maximum absolute atomic E-state index is 12.7. The number of rotatable bonds is 10. The van der Waals surface area contributed by atoms with Crippen LogP contribution in [0.15, 0.2) is 54.6 Å². The van der Waals surface area contributed by atoms with Crippen LogP contribution in [0, 0.1) is 17.3 Å². The molecule has 0 saturated heterocycles. The Balaban J connectivity index is 1.93. The molecule has 0 spiro atoms. The molecule has 0 N–H and O–H groups in total. The first-order valence-electron chi connectivity index (χ1n) is 10.9. The number of benzene rings is 2. The zero-order chi connectivity index (χ0) is 23.7. The molecule has 1 atom stereocenters. The number of esters is 2. The lowest BCUT2D eigenvalue weighted by Gasteiger charge is -2.32. The van der Waals surface area contributed by atoms with E-state index >= 15 is 0 Å². The van der Waals surface area contributed by atoms with Crippen LogP contribution >= 0.6 is 0 Å². The highest BCUT2D eigenvalue weighted by Gasteiger charge is 2.38. The Morgan fingerprint density at radius 3 is 2.00 bits per heavy atom. The van der Waals surface area contributed by atoms with Gasteiger partial charge in [-0.15, -0.1) is 0 Å². The lowest BCUT2D eigenvalue weighted by Crippen LogP contribution is -2.37. The molecule has 0 aliphatic heterocycles. The number of hydrogen-bond acceptors (Lipinski definition) is 5.